The molecule has 0 radical (unpaired) electrons. The molecular weight excluding hydrogens is 324 g/mol. The molecule has 7 heteroatoms. The molecule has 4 rings (SSSR count). The van der Waals surface area contributed by atoms with Crippen molar-refractivity contribution in [3.05, 3.63) is 16.6 Å². The summed E-state index contributed by atoms with van der Waals surface area (Å²) >= 11 is 1.71. The molecule has 1 atom stereocenters. The van der Waals surface area contributed by atoms with E-state index in [1.54, 1.807) is 16.2 Å². The van der Waals surface area contributed by atoms with Gasteiger partial charge in [0.25, 0.3) is 0 Å². The fourth-order valence-electron chi connectivity index (χ4n) is 3.83. The summed E-state index contributed by atoms with van der Waals surface area (Å²) in [7, 11) is 3.67. The van der Waals surface area contributed by atoms with E-state index in [2.05, 4.69) is 14.8 Å². The minimum atomic E-state index is -0.112. The average Bonchev–Trinajstić information content (AvgIpc) is 3.18. The van der Waals surface area contributed by atoms with Crippen LogP contribution in [0.15, 0.2) is 11.6 Å². The van der Waals surface area contributed by atoms with Gasteiger partial charge in [0, 0.05) is 51.9 Å². The van der Waals surface area contributed by atoms with Gasteiger partial charge < -0.3 is 9.64 Å². The Morgan fingerprint density at radius 1 is 1.42 bits per heavy atom. The van der Waals surface area contributed by atoms with Gasteiger partial charge in [0.2, 0.25) is 5.91 Å². The lowest BCUT2D eigenvalue weighted by Crippen LogP contribution is -2.72. The number of ether oxygens (including phenoxy) is 1. The molecule has 0 N–H and O–H groups in total. The van der Waals surface area contributed by atoms with Crippen molar-refractivity contribution in [3.8, 4) is 0 Å². The summed E-state index contributed by atoms with van der Waals surface area (Å²) in [5.74, 6) is 0.952. The Bertz CT molecular complexity index is 581. The van der Waals surface area contributed by atoms with Gasteiger partial charge in [0.05, 0.1) is 13.2 Å². The second kappa shape index (κ2) is 6.37. The van der Waals surface area contributed by atoms with Crippen LogP contribution < -0.4 is 0 Å². The first kappa shape index (κ1) is 16.4. The van der Waals surface area contributed by atoms with Crippen LogP contribution in [-0.2, 0) is 16.1 Å². The Balaban J connectivity index is 1.37. The highest BCUT2D eigenvalue weighted by Gasteiger charge is 2.51. The van der Waals surface area contributed by atoms with Gasteiger partial charge in [-0.15, -0.1) is 11.3 Å². The van der Waals surface area contributed by atoms with Crippen molar-refractivity contribution in [3.63, 3.8) is 0 Å². The number of rotatable bonds is 5. The van der Waals surface area contributed by atoms with Crippen molar-refractivity contribution in [1.82, 2.24) is 19.7 Å². The summed E-state index contributed by atoms with van der Waals surface area (Å²) in [6.07, 6.45) is 4.48. The molecular formula is C17H26N4O2S. The summed E-state index contributed by atoms with van der Waals surface area (Å²) < 4.78 is 6.22. The maximum absolute atomic E-state index is 12.5. The number of carbonyl (C=O) groups is 1. The lowest BCUT2D eigenvalue weighted by atomic mass is 9.90. The smallest absolute Gasteiger partial charge is 0.241 e. The molecule has 132 valence electrons. The zero-order valence-electron chi connectivity index (χ0n) is 14.5. The molecule has 1 aromatic rings. The molecule has 1 aliphatic carbocycles. The van der Waals surface area contributed by atoms with Gasteiger partial charge in [0.15, 0.2) is 0 Å². The molecule has 3 aliphatic rings. The highest BCUT2D eigenvalue weighted by atomic mass is 32.1. The van der Waals surface area contributed by atoms with E-state index in [1.807, 2.05) is 25.7 Å². The van der Waals surface area contributed by atoms with Crippen molar-refractivity contribution in [2.75, 3.05) is 46.9 Å². The molecule has 1 aromatic heterocycles. The Morgan fingerprint density at radius 3 is 2.83 bits per heavy atom. The molecule has 2 saturated heterocycles. The third-order valence-electron chi connectivity index (χ3n) is 5.26. The first-order chi connectivity index (χ1) is 11.5. The third kappa shape index (κ3) is 3.35. The molecule has 0 unspecified atom stereocenters. The lowest BCUT2D eigenvalue weighted by molar-refractivity contribution is -0.205. The van der Waals surface area contributed by atoms with Crippen molar-refractivity contribution in [2.24, 2.45) is 5.92 Å². The highest BCUT2D eigenvalue weighted by molar-refractivity contribution is 7.09. The predicted octanol–water partition coefficient (Wildman–Crippen LogP) is 0.897. The van der Waals surface area contributed by atoms with E-state index in [-0.39, 0.29) is 17.6 Å². The number of hydrogen-bond donors (Lipinski definition) is 0. The molecule has 24 heavy (non-hydrogen) atoms. The van der Waals surface area contributed by atoms with Crippen LogP contribution in [0.1, 0.15) is 17.8 Å². The Morgan fingerprint density at radius 2 is 2.21 bits per heavy atom. The van der Waals surface area contributed by atoms with Crippen LogP contribution in [-0.4, -0.2) is 84.1 Å². The number of thiazole rings is 1. The first-order valence-electron chi connectivity index (χ1n) is 8.75. The van der Waals surface area contributed by atoms with Crippen molar-refractivity contribution >= 4 is 17.2 Å². The van der Waals surface area contributed by atoms with Gasteiger partial charge in [-0.3, -0.25) is 14.6 Å². The quantitative estimate of drug-likeness (QED) is 0.790. The second-order valence-electron chi connectivity index (χ2n) is 7.69. The molecule has 0 bridgehead atoms. The maximum Gasteiger partial charge on any atom is 0.241 e. The number of aromatic nitrogens is 1. The largest absolute Gasteiger partial charge is 0.369 e. The monoisotopic (exact) mass is 350 g/mol. The van der Waals surface area contributed by atoms with E-state index in [9.17, 15) is 4.79 Å². The van der Waals surface area contributed by atoms with E-state index >= 15 is 0 Å². The van der Waals surface area contributed by atoms with Gasteiger partial charge in [-0.2, -0.15) is 0 Å². The molecule has 3 heterocycles. The van der Waals surface area contributed by atoms with Gasteiger partial charge in [-0.25, -0.2) is 4.98 Å². The lowest BCUT2D eigenvalue weighted by Gasteiger charge is -2.55. The summed E-state index contributed by atoms with van der Waals surface area (Å²) in [5.41, 5.74) is -0.0881. The number of nitrogens with zero attached hydrogens (tertiary/aromatic N) is 4. The Labute approximate surface area is 147 Å². The van der Waals surface area contributed by atoms with Crippen molar-refractivity contribution in [1.29, 1.82) is 0 Å². The van der Waals surface area contributed by atoms with Crippen LogP contribution in [0.4, 0.5) is 0 Å². The van der Waals surface area contributed by atoms with Crippen LogP contribution in [0.5, 0.6) is 0 Å². The van der Waals surface area contributed by atoms with Gasteiger partial charge in [0.1, 0.15) is 16.7 Å². The van der Waals surface area contributed by atoms with Crippen LogP contribution in [0.3, 0.4) is 0 Å². The van der Waals surface area contributed by atoms with Crippen molar-refractivity contribution < 1.29 is 9.53 Å². The Hall–Kier alpha value is -1.02. The van der Waals surface area contributed by atoms with E-state index < -0.39 is 0 Å². The molecule has 3 fully saturated rings. The molecule has 2 aliphatic heterocycles. The van der Waals surface area contributed by atoms with E-state index in [0.29, 0.717) is 6.61 Å². The van der Waals surface area contributed by atoms with Gasteiger partial charge in [-0.05, 0) is 18.8 Å². The number of amides is 1. The van der Waals surface area contributed by atoms with Crippen LogP contribution >= 0.6 is 11.3 Å². The average molecular weight is 350 g/mol. The minimum Gasteiger partial charge on any atom is -0.369 e. The van der Waals surface area contributed by atoms with Crippen molar-refractivity contribution in [2.45, 2.75) is 31.0 Å². The first-order valence-corrected chi connectivity index (χ1v) is 9.62. The number of likely N-dealkylation sites (N-methyl/N-ethyl adjacent to an activating group) is 1. The molecule has 6 nitrogen and oxygen atoms in total. The van der Waals surface area contributed by atoms with E-state index in [1.165, 1.54) is 12.8 Å². The second-order valence-corrected chi connectivity index (χ2v) is 8.67. The summed E-state index contributed by atoms with van der Waals surface area (Å²) in [4.78, 5) is 23.3. The van der Waals surface area contributed by atoms with Crippen LogP contribution in [0.2, 0.25) is 0 Å². The molecule has 1 spiro atoms. The fourth-order valence-corrected chi connectivity index (χ4v) is 4.49. The van der Waals surface area contributed by atoms with Crippen LogP contribution in [0.25, 0.3) is 0 Å². The molecule has 1 amide bonds. The fraction of sp³-hybridized carbons (Fsp3) is 0.765. The number of morpholine rings is 1. The zero-order valence-corrected chi connectivity index (χ0v) is 15.3. The van der Waals surface area contributed by atoms with Gasteiger partial charge >= 0.3 is 0 Å². The SMILES string of the molecule is CN(C)C(=O)[C@@H]1COC2(CN(Cc3nccs3)C2)CN1CC1CC1. The normalized spacial score (nSPS) is 27.2. The number of likely N-dealkylation sites (tertiary alicyclic amines) is 1. The Kier molecular flexibility index (Phi) is 4.36. The number of carbonyl (C=O) groups excluding carboxylic acids is 1. The summed E-state index contributed by atoms with van der Waals surface area (Å²) in [6.45, 7) is 5.23. The zero-order chi connectivity index (χ0) is 16.7. The minimum absolute atomic E-state index is 0.0881. The third-order valence-corrected chi connectivity index (χ3v) is 6.03. The maximum atomic E-state index is 12.5. The topological polar surface area (TPSA) is 48.9 Å². The molecule has 1 saturated carbocycles. The number of hydrogen-bond acceptors (Lipinski definition) is 6. The molecule has 0 aromatic carbocycles. The van der Waals surface area contributed by atoms with E-state index in [4.69, 9.17) is 4.74 Å². The standard InChI is InChI=1S/C17H26N4O2S/c1-19(2)16(22)14-9-23-17(12-21(14)7-13-3-4-13)10-20(11-17)8-15-18-5-6-24-15/h5-6,13-14H,3-4,7-12H2,1-2H3/t14-/m0/s1. The van der Waals surface area contributed by atoms with Gasteiger partial charge in [-0.1, -0.05) is 0 Å². The summed E-state index contributed by atoms with van der Waals surface area (Å²) in [5, 5.41) is 3.19. The predicted molar refractivity (Wildman–Crippen MR) is 92.9 cm³/mol. The van der Waals surface area contributed by atoms with E-state index in [0.717, 1.165) is 43.6 Å². The summed E-state index contributed by atoms with van der Waals surface area (Å²) in [6, 6.07) is -0.112. The van der Waals surface area contributed by atoms with Crippen LogP contribution in [0, 0.1) is 5.92 Å². The highest BCUT2D eigenvalue weighted by Crippen LogP contribution is 2.36.